The number of piperidine rings is 1. The highest BCUT2D eigenvalue weighted by atomic mass is 79.9. The molecule has 0 N–H and O–H groups in total. The van der Waals surface area contributed by atoms with E-state index in [9.17, 15) is 0 Å². The summed E-state index contributed by atoms with van der Waals surface area (Å²) in [6, 6.07) is 5.72. The Kier molecular flexibility index (Phi) is 2.62. The molecule has 2 saturated heterocycles. The van der Waals surface area contributed by atoms with Crippen molar-refractivity contribution in [3.63, 3.8) is 0 Å². The van der Waals surface area contributed by atoms with Crippen molar-refractivity contribution in [2.45, 2.75) is 42.6 Å². The number of aromatic nitrogens is 1. The molecular formula is C14H15BrN2S. The van der Waals surface area contributed by atoms with Gasteiger partial charge in [-0.25, -0.2) is 4.98 Å². The van der Waals surface area contributed by atoms with Gasteiger partial charge in [0.1, 0.15) is 5.82 Å². The number of anilines is 1. The molecule has 0 aromatic carbocycles. The van der Waals surface area contributed by atoms with Gasteiger partial charge in [0, 0.05) is 33.2 Å². The predicted octanol–water partition coefficient (Wildman–Crippen LogP) is 4.19. The maximum Gasteiger partial charge on any atom is 0.137 e. The van der Waals surface area contributed by atoms with Crippen LogP contribution in [0.2, 0.25) is 0 Å². The minimum Gasteiger partial charge on any atom is -0.350 e. The largest absolute Gasteiger partial charge is 0.350 e. The fraction of sp³-hybridized carbons (Fsp3) is 0.500. The van der Waals surface area contributed by atoms with E-state index >= 15 is 0 Å². The molecule has 0 saturated carbocycles. The molecule has 2 aromatic rings. The van der Waals surface area contributed by atoms with E-state index in [1.807, 2.05) is 17.5 Å². The first-order chi connectivity index (χ1) is 8.83. The monoisotopic (exact) mass is 322 g/mol. The van der Waals surface area contributed by atoms with Crippen LogP contribution in [0.15, 0.2) is 23.7 Å². The number of nitrogens with zero attached hydrogens (tertiary/aromatic N) is 2. The molecule has 4 heterocycles. The van der Waals surface area contributed by atoms with E-state index in [4.69, 9.17) is 0 Å². The van der Waals surface area contributed by atoms with Crippen molar-refractivity contribution >= 4 is 43.2 Å². The van der Waals surface area contributed by atoms with Crippen LogP contribution in [-0.4, -0.2) is 21.9 Å². The second kappa shape index (κ2) is 4.20. The van der Waals surface area contributed by atoms with Gasteiger partial charge in [-0.1, -0.05) is 15.9 Å². The number of rotatable bonds is 1. The molecule has 2 fully saturated rings. The number of fused-ring (bicyclic) bond motifs is 3. The van der Waals surface area contributed by atoms with Crippen molar-refractivity contribution in [2.24, 2.45) is 0 Å². The first-order valence-electron chi connectivity index (χ1n) is 6.57. The molecular weight excluding hydrogens is 308 g/mol. The Hall–Kier alpha value is -0.610. The van der Waals surface area contributed by atoms with Crippen molar-refractivity contribution in [3.05, 3.63) is 23.7 Å². The third-order valence-corrected chi connectivity index (χ3v) is 5.91. The van der Waals surface area contributed by atoms with Crippen LogP contribution in [-0.2, 0) is 0 Å². The van der Waals surface area contributed by atoms with Crippen LogP contribution < -0.4 is 4.90 Å². The zero-order valence-electron chi connectivity index (χ0n) is 10.1. The van der Waals surface area contributed by atoms with Crippen LogP contribution in [0.5, 0.6) is 0 Å². The minimum atomic E-state index is 0.686. The average molecular weight is 323 g/mol. The lowest BCUT2D eigenvalue weighted by Crippen LogP contribution is -2.43. The number of halogens is 1. The van der Waals surface area contributed by atoms with Gasteiger partial charge in [-0.2, -0.15) is 0 Å². The lowest BCUT2D eigenvalue weighted by atomic mass is 10.0. The summed E-state index contributed by atoms with van der Waals surface area (Å²) in [5, 5.41) is 3.52. The Balaban J connectivity index is 1.81. The Morgan fingerprint density at radius 2 is 2.00 bits per heavy atom. The van der Waals surface area contributed by atoms with Crippen LogP contribution in [0.1, 0.15) is 25.7 Å². The van der Waals surface area contributed by atoms with Crippen LogP contribution in [0.4, 0.5) is 5.82 Å². The van der Waals surface area contributed by atoms with E-state index in [-0.39, 0.29) is 0 Å². The Labute approximate surface area is 119 Å². The SMILES string of the molecule is BrC1CC2CCC(C1)N2c1nccc2sccc12. The highest BCUT2D eigenvalue weighted by Crippen LogP contribution is 2.43. The summed E-state index contributed by atoms with van der Waals surface area (Å²) >= 11 is 5.62. The van der Waals surface area contributed by atoms with Gasteiger partial charge in [0.05, 0.1) is 0 Å². The van der Waals surface area contributed by atoms with Gasteiger partial charge in [-0.05, 0) is 43.2 Å². The van der Waals surface area contributed by atoms with Crippen molar-refractivity contribution in [1.82, 2.24) is 4.98 Å². The number of pyridine rings is 1. The minimum absolute atomic E-state index is 0.686. The van der Waals surface area contributed by atoms with E-state index in [1.54, 1.807) is 0 Å². The molecule has 2 nitrogen and oxygen atoms in total. The van der Waals surface area contributed by atoms with Gasteiger partial charge in [0.15, 0.2) is 0 Å². The maximum absolute atomic E-state index is 4.69. The van der Waals surface area contributed by atoms with Crippen molar-refractivity contribution in [1.29, 1.82) is 0 Å². The Morgan fingerprint density at radius 1 is 1.22 bits per heavy atom. The predicted molar refractivity (Wildman–Crippen MR) is 80.9 cm³/mol. The maximum atomic E-state index is 4.69. The van der Waals surface area contributed by atoms with Gasteiger partial charge in [0.2, 0.25) is 0 Å². The topological polar surface area (TPSA) is 16.1 Å². The first kappa shape index (κ1) is 11.2. The molecule has 4 rings (SSSR count). The highest BCUT2D eigenvalue weighted by molar-refractivity contribution is 9.09. The number of hydrogen-bond acceptors (Lipinski definition) is 3. The summed E-state index contributed by atoms with van der Waals surface area (Å²) in [6.07, 6.45) is 7.15. The summed E-state index contributed by atoms with van der Waals surface area (Å²) < 4.78 is 1.36. The molecule has 18 heavy (non-hydrogen) atoms. The molecule has 2 aliphatic rings. The van der Waals surface area contributed by atoms with Crippen molar-refractivity contribution < 1.29 is 0 Å². The molecule has 0 aliphatic carbocycles. The smallest absolute Gasteiger partial charge is 0.137 e. The van der Waals surface area contributed by atoms with E-state index in [0.717, 1.165) is 0 Å². The van der Waals surface area contributed by atoms with E-state index < -0.39 is 0 Å². The molecule has 2 atom stereocenters. The molecule has 2 bridgehead atoms. The summed E-state index contributed by atoms with van der Waals surface area (Å²) in [6.45, 7) is 0. The number of hydrogen-bond donors (Lipinski definition) is 0. The van der Waals surface area contributed by atoms with Gasteiger partial charge in [0.25, 0.3) is 0 Å². The van der Waals surface area contributed by atoms with Crippen LogP contribution >= 0.6 is 27.3 Å². The molecule has 2 aliphatic heterocycles. The third-order valence-electron chi connectivity index (χ3n) is 4.28. The van der Waals surface area contributed by atoms with E-state index in [2.05, 4.69) is 43.3 Å². The van der Waals surface area contributed by atoms with Crippen molar-refractivity contribution in [2.75, 3.05) is 4.90 Å². The summed E-state index contributed by atoms with van der Waals surface area (Å²) in [4.78, 5) is 7.99. The summed E-state index contributed by atoms with van der Waals surface area (Å²) in [5.74, 6) is 1.22. The second-order valence-corrected chi connectivity index (χ2v) is 7.57. The van der Waals surface area contributed by atoms with Crippen molar-refractivity contribution in [3.8, 4) is 0 Å². The van der Waals surface area contributed by atoms with E-state index in [0.29, 0.717) is 16.9 Å². The lowest BCUT2D eigenvalue weighted by molar-refractivity contribution is 0.481. The molecule has 0 spiro atoms. The van der Waals surface area contributed by atoms with Gasteiger partial charge >= 0.3 is 0 Å². The van der Waals surface area contributed by atoms with Gasteiger partial charge in [-0.3, -0.25) is 0 Å². The van der Waals surface area contributed by atoms with Gasteiger partial charge < -0.3 is 4.90 Å². The van der Waals surface area contributed by atoms with Gasteiger partial charge in [-0.15, -0.1) is 11.3 Å². The fourth-order valence-electron chi connectivity index (χ4n) is 3.54. The molecule has 0 amide bonds. The molecule has 2 unspecified atom stereocenters. The zero-order valence-corrected chi connectivity index (χ0v) is 12.5. The van der Waals surface area contributed by atoms with E-state index in [1.165, 1.54) is 41.6 Å². The fourth-order valence-corrected chi connectivity index (χ4v) is 5.18. The standard InChI is InChI=1S/C14H15BrN2S/c15-9-7-10-1-2-11(8-9)17(10)14-12-4-6-18-13(12)3-5-16-14/h3-6,9-11H,1-2,7-8H2. The average Bonchev–Trinajstić information content (AvgIpc) is 2.92. The zero-order chi connectivity index (χ0) is 12.1. The quantitative estimate of drug-likeness (QED) is 0.732. The Bertz CT molecular complexity index is 568. The number of alkyl halides is 1. The van der Waals surface area contributed by atoms with Crippen LogP contribution in [0, 0.1) is 0 Å². The second-order valence-electron chi connectivity index (χ2n) is 5.33. The summed E-state index contributed by atoms with van der Waals surface area (Å²) in [7, 11) is 0. The van der Waals surface area contributed by atoms with Crippen LogP contribution in [0.3, 0.4) is 0 Å². The van der Waals surface area contributed by atoms with Crippen LogP contribution in [0.25, 0.3) is 10.1 Å². The number of thiophene rings is 1. The summed E-state index contributed by atoms with van der Waals surface area (Å²) in [5.41, 5.74) is 0. The first-order valence-corrected chi connectivity index (χ1v) is 8.37. The molecule has 4 heteroatoms. The molecule has 94 valence electrons. The third kappa shape index (κ3) is 1.62. The highest BCUT2D eigenvalue weighted by Gasteiger charge is 2.41. The molecule has 2 aromatic heterocycles. The Morgan fingerprint density at radius 3 is 2.78 bits per heavy atom. The normalized spacial score (nSPS) is 31.2. The lowest BCUT2D eigenvalue weighted by Gasteiger charge is -2.38. The molecule has 0 radical (unpaired) electrons.